The second kappa shape index (κ2) is 7.45. The van der Waals surface area contributed by atoms with Crippen LogP contribution in [0.4, 0.5) is 5.69 Å². The summed E-state index contributed by atoms with van der Waals surface area (Å²) >= 11 is 0. The summed E-state index contributed by atoms with van der Waals surface area (Å²) in [7, 11) is 1.90. The highest BCUT2D eigenvalue weighted by Crippen LogP contribution is 2.13. The Morgan fingerprint density at radius 3 is 2.33 bits per heavy atom. The van der Waals surface area contributed by atoms with E-state index in [4.69, 9.17) is 5.73 Å². The Bertz CT molecular complexity index is 566. The first-order chi connectivity index (χ1) is 10.2. The van der Waals surface area contributed by atoms with Gasteiger partial charge in [-0.05, 0) is 23.3 Å². The predicted molar refractivity (Wildman–Crippen MR) is 85.9 cm³/mol. The molecule has 0 radical (unpaired) electrons. The van der Waals surface area contributed by atoms with Crippen LogP contribution in [-0.4, -0.2) is 19.5 Å². The number of amides is 1. The summed E-state index contributed by atoms with van der Waals surface area (Å²) < 4.78 is 0. The van der Waals surface area contributed by atoms with E-state index in [9.17, 15) is 4.79 Å². The van der Waals surface area contributed by atoms with Gasteiger partial charge in [-0.1, -0.05) is 42.5 Å². The minimum absolute atomic E-state index is 0.00394. The third-order valence-electron chi connectivity index (χ3n) is 3.33. The normalized spacial score (nSPS) is 10.2. The molecule has 0 saturated carbocycles. The fraction of sp³-hybridized carbons (Fsp3) is 0.235. The molecule has 0 atom stereocenters. The zero-order valence-electron chi connectivity index (χ0n) is 12.3. The number of nitrogens with two attached hydrogens (primary N) is 1. The molecular weight excluding hydrogens is 262 g/mol. The number of rotatable bonds is 6. The highest BCUT2D eigenvalue weighted by atomic mass is 16.2. The van der Waals surface area contributed by atoms with Gasteiger partial charge in [-0.3, -0.25) is 4.79 Å². The molecule has 0 fully saturated rings. The van der Waals surface area contributed by atoms with E-state index >= 15 is 0 Å². The summed E-state index contributed by atoms with van der Waals surface area (Å²) in [5.74, 6) is 0.00394. The van der Waals surface area contributed by atoms with Crippen LogP contribution >= 0.6 is 0 Å². The van der Waals surface area contributed by atoms with E-state index in [2.05, 4.69) is 5.32 Å². The molecule has 0 aromatic heterocycles. The fourth-order valence-electron chi connectivity index (χ4n) is 2.05. The standard InChI is InChI=1S/C17H21N3O/c1-20(16-9-7-14(11-18)8-10-16)13-17(21)19-12-15-5-3-2-4-6-15/h2-10H,11-13,18H2,1H3,(H,19,21). The third-order valence-corrected chi connectivity index (χ3v) is 3.33. The van der Waals surface area contributed by atoms with E-state index in [0.29, 0.717) is 19.6 Å². The van der Waals surface area contributed by atoms with E-state index in [-0.39, 0.29) is 5.91 Å². The van der Waals surface area contributed by atoms with E-state index in [1.54, 1.807) is 0 Å². The van der Waals surface area contributed by atoms with Gasteiger partial charge in [0, 0.05) is 25.8 Å². The second-order valence-corrected chi connectivity index (χ2v) is 4.99. The first-order valence-electron chi connectivity index (χ1n) is 7.00. The Morgan fingerprint density at radius 2 is 1.71 bits per heavy atom. The lowest BCUT2D eigenvalue weighted by Crippen LogP contribution is -2.34. The smallest absolute Gasteiger partial charge is 0.239 e. The highest BCUT2D eigenvalue weighted by molar-refractivity contribution is 5.81. The summed E-state index contributed by atoms with van der Waals surface area (Å²) in [6, 6.07) is 17.8. The summed E-state index contributed by atoms with van der Waals surface area (Å²) in [5, 5.41) is 2.92. The van der Waals surface area contributed by atoms with Crippen molar-refractivity contribution in [3.63, 3.8) is 0 Å². The summed E-state index contributed by atoms with van der Waals surface area (Å²) in [6.45, 7) is 1.41. The first-order valence-corrected chi connectivity index (χ1v) is 7.00. The van der Waals surface area contributed by atoms with Gasteiger partial charge in [0.25, 0.3) is 0 Å². The molecule has 2 aromatic rings. The minimum Gasteiger partial charge on any atom is -0.365 e. The monoisotopic (exact) mass is 283 g/mol. The van der Waals surface area contributed by atoms with Gasteiger partial charge in [0.2, 0.25) is 5.91 Å². The molecule has 1 amide bonds. The minimum atomic E-state index is 0.00394. The van der Waals surface area contributed by atoms with Crippen LogP contribution in [0.3, 0.4) is 0 Å². The molecule has 0 bridgehead atoms. The van der Waals surface area contributed by atoms with Crippen LogP contribution in [0, 0.1) is 0 Å². The number of anilines is 1. The molecule has 0 aliphatic heterocycles. The first kappa shape index (κ1) is 15.1. The molecule has 21 heavy (non-hydrogen) atoms. The molecule has 0 aliphatic rings. The van der Waals surface area contributed by atoms with Crippen molar-refractivity contribution < 1.29 is 4.79 Å². The van der Waals surface area contributed by atoms with Crippen LogP contribution in [-0.2, 0) is 17.9 Å². The topological polar surface area (TPSA) is 58.4 Å². The summed E-state index contributed by atoms with van der Waals surface area (Å²) in [4.78, 5) is 13.9. The summed E-state index contributed by atoms with van der Waals surface area (Å²) in [5.41, 5.74) is 8.76. The molecule has 0 aliphatic carbocycles. The number of nitrogens with zero attached hydrogens (tertiary/aromatic N) is 1. The van der Waals surface area contributed by atoms with Crippen LogP contribution in [0.15, 0.2) is 54.6 Å². The SMILES string of the molecule is CN(CC(=O)NCc1ccccc1)c1ccc(CN)cc1. The molecule has 2 rings (SSSR count). The van der Waals surface area contributed by atoms with Gasteiger partial charge in [-0.15, -0.1) is 0 Å². The largest absolute Gasteiger partial charge is 0.365 e. The molecule has 0 unspecified atom stereocenters. The quantitative estimate of drug-likeness (QED) is 0.851. The second-order valence-electron chi connectivity index (χ2n) is 4.99. The van der Waals surface area contributed by atoms with Crippen molar-refractivity contribution in [1.82, 2.24) is 5.32 Å². The lowest BCUT2D eigenvalue weighted by molar-refractivity contribution is -0.119. The van der Waals surface area contributed by atoms with Crippen molar-refractivity contribution in [1.29, 1.82) is 0 Å². The highest BCUT2D eigenvalue weighted by Gasteiger charge is 2.07. The molecule has 0 saturated heterocycles. The lowest BCUT2D eigenvalue weighted by Gasteiger charge is -2.19. The van der Waals surface area contributed by atoms with E-state index < -0.39 is 0 Å². The van der Waals surface area contributed by atoms with Gasteiger partial charge < -0.3 is 16.0 Å². The average molecular weight is 283 g/mol. The van der Waals surface area contributed by atoms with Crippen LogP contribution in [0.5, 0.6) is 0 Å². The number of likely N-dealkylation sites (N-methyl/N-ethyl adjacent to an activating group) is 1. The maximum Gasteiger partial charge on any atom is 0.239 e. The molecule has 4 heteroatoms. The Labute approximate surface area is 125 Å². The Balaban J connectivity index is 1.83. The zero-order valence-corrected chi connectivity index (χ0v) is 12.3. The predicted octanol–water partition coefficient (Wildman–Crippen LogP) is 1.90. The fourth-order valence-corrected chi connectivity index (χ4v) is 2.05. The molecule has 2 aromatic carbocycles. The van der Waals surface area contributed by atoms with Crippen molar-refractivity contribution in [2.75, 3.05) is 18.5 Å². The van der Waals surface area contributed by atoms with E-state index in [1.807, 2.05) is 66.5 Å². The average Bonchev–Trinajstić information content (AvgIpc) is 2.54. The number of nitrogens with one attached hydrogen (secondary N) is 1. The summed E-state index contributed by atoms with van der Waals surface area (Å²) in [6.07, 6.45) is 0. The lowest BCUT2D eigenvalue weighted by atomic mass is 10.2. The van der Waals surface area contributed by atoms with Crippen LogP contribution in [0.2, 0.25) is 0 Å². The van der Waals surface area contributed by atoms with Crippen LogP contribution in [0.1, 0.15) is 11.1 Å². The van der Waals surface area contributed by atoms with E-state index in [0.717, 1.165) is 16.8 Å². The van der Waals surface area contributed by atoms with Crippen molar-refractivity contribution in [3.8, 4) is 0 Å². The van der Waals surface area contributed by atoms with Crippen molar-refractivity contribution >= 4 is 11.6 Å². The molecule has 0 spiro atoms. The molecule has 4 nitrogen and oxygen atoms in total. The Morgan fingerprint density at radius 1 is 1.05 bits per heavy atom. The zero-order chi connectivity index (χ0) is 15.1. The maximum absolute atomic E-state index is 12.0. The molecular formula is C17H21N3O. The van der Waals surface area contributed by atoms with E-state index in [1.165, 1.54) is 0 Å². The number of carbonyl (C=O) groups excluding carboxylic acids is 1. The Hall–Kier alpha value is -2.33. The van der Waals surface area contributed by atoms with Crippen molar-refractivity contribution in [2.45, 2.75) is 13.1 Å². The number of hydrogen-bond acceptors (Lipinski definition) is 3. The number of carbonyl (C=O) groups is 1. The maximum atomic E-state index is 12.0. The molecule has 0 heterocycles. The van der Waals surface area contributed by atoms with Gasteiger partial charge in [0.1, 0.15) is 0 Å². The third kappa shape index (κ3) is 4.61. The van der Waals surface area contributed by atoms with Gasteiger partial charge in [-0.2, -0.15) is 0 Å². The van der Waals surface area contributed by atoms with Crippen LogP contribution in [0.25, 0.3) is 0 Å². The number of benzene rings is 2. The molecule has 3 N–H and O–H groups in total. The Kier molecular flexibility index (Phi) is 5.35. The van der Waals surface area contributed by atoms with Gasteiger partial charge in [0.05, 0.1) is 6.54 Å². The van der Waals surface area contributed by atoms with Gasteiger partial charge in [-0.25, -0.2) is 0 Å². The van der Waals surface area contributed by atoms with Crippen molar-refractivity contribution in [2.24, 2.45) is 5.73 Å². The number of hydrogen-bond donors (Lipinski definition) is 2. The van der Waals surface area contributed by atoms with Crippen molar-refractivity contribution in [3.05, 3.63) is 65.7 Å². The van der Waals surface area contributed by atoms with Crippen LogP contribution < -0.4 is 16.0 Å². The van der Waals surface area contributed by atoms with Gasteiger partial charge in [0.15, 0.2) is 0 Å². The molecule has 110 valence electrons. The van der Waals surface area contributed by atoms with Gasteiger partial charge >= 0.3 is 0 Å².